The van der Waals surface area contributed by atoms with Gasteiger partial charge in [0.1, 0.15) is 0 Å². The maximum atomic E-state index is 9.91. The molecule has 0 heterocycles. The van der Waals surface area contributed by atoms with Gasteiger partial charge in [-0.3, -0.25) is 4.79 Å². The Labute approximate surface area is 48.1 Å². The van der Waals surface area contributed by atoms with Gasteiger partial charge in [0.15, 0.2) is 0 Å². The zero-order valence-corrected chi connectivity index (χ0v) is 4.50. The van der Waals surface area contributed by atoms with Crippen LogP contribution >= 0.6 is 0 Å². The summed E-state index contributed by atoms with van der Waals surface area (Å²) in [7, 11) is 0.327. The van der Waals surface area contributed by atoms with E-state index < -0.39 is 12.0 Å². The number of rotatable bonds is 3. The largest absolute Gasteiger partial charge is 0.480 e. The molecule has 0 aliphatic carbocycles. The number of nitrogens with two attached hydrogens (primary N) is 2. The van der Waals surface area contributed by atoms with Crippen molar-refractivity contribution >= 4 is 13.4 Å². The molecule has 0 aliphatic rings. The molecule has 0 rings (SSSR count). The molecule has 4 nitrogen and oxygen atoms in total. The van der Waals surface area contributed by atoms with Crippen LogP contribution in [0.2, 0.25) is 6.32 Å². The topological polar surface area (TPSA) is 89.3 Å². The second kappa shape index (κ2) is 3.46. The molecule has 0 saturated heterocycles. The maximum absolute atomic E-state index is 9.91. The minimum Gasteiger partial charge on any atom is -0.480 e. The van der Waals surface area contributed by atoms with Gasteiger partial charge in [-0.1, -0.05) is 0 Å². The highest BCUT2D eigenvalue weighted by molar-refractivity contribution is 6.31. The van der Waals surface area contributed by atoms with Crippen molar-refractivity contribution in [3.8, 4) is 0 Å². The fourth-order valence-electron chi connectivity index (χ4n) is 0.303. The Morgan fingerprint density at radius 2 is 2.38 bits per heavy atom. The number of carboxylic acids is 1. The second-order valence-electron chi connectivity index (χ2n) is 1.52. The van der Waals surface area contributed by atoms with Crippen molar-refractivity contribution in [1.82, 2.24) is 0 Å². The summed E-state index contributed by atoms with van der Waals surface area (Å²) in [5.74, 6) is -0.990. The molecule has 46 valence electrons. The van der Waals surface area contributed by atoms with Crippen molar-refractivity contribution in [3.05, 3.63) is 0 Å². The Hall–Kier alpha value is -0.545. The predicted molar refractivity (Wildman–Crippen MR) is 31.8 cm³/mol. The summed E-state index contributed by atoms with van der Waals surface area (Å²) in [6, 6.07) is -0.792. The predicted octanol–water partition coefficient (Wildman–Crippen LogP) is -1.87. The fourth-order valence-corrected chi connectivity index (χ4v) is 0.303. The number of hydrogen-bond donors (Lipinski definition) is 3. The number of hydrogen-bond acceptors (Lipinski definition) is 3. The van der Waals surface area contributed by atoms with Crippen molar-refractivity contribution in [2.75, 3.05) is 0 Å². The van der Waals surface area contributed by atoms with Gasteiger partial charge in [0.25, 0.3) is 0 Å². The average Bonchev–Trinajstić information content (AvgIpc) is 1.67. The van der Waals surface area contributed by atoms with Crippen LogP contribution in [0, 0.1) is 0 Å². The SMILES string of the molecule is NBC[C@H](N)C(=O)O. The lowest BCUT2D eigenvalue weighted by atomic mass is 9.87. The number of carboxylic acid groups (broad SMARTS) is 1. The smallest absolute Gasteiger partial charge is 0.319 e. The molecule has 0 saturated carbocycles. The van der Waals surface area contributed by atoms with E-state index in [0.717, 1.165) is 0 Å². The lowest BCUT2D eigenvalue weighted by Crippen LogP contribution is -2.32. The van der Waals surface area contributed by atoms with Gasteiger partial charge in [0.05, 0.1) is 6.04 Å². The van der Waals surface area contributed by atoms with Crippen molar-refractivity contribution in [2.45, 2.75) is 12.4 Å². The molecule has 0 amide bonds. The van der Waals surface area contributed by atoms with Gasteiger partial charge in [-0.25, -0.2) is 0 Å². The average molecular weight is 116 g/mol. The summed E-state index contributed by atoms with van der Waals surface area (Å²) in [5, 5.41) is 8.13. The van der Waals surface area contributed by atoms with E-state index in [1.165, 1.54) is 0 Å². The first-order chi connectivity index (χ1) is 3.68. The first kappa shape index (κ1) is 7.45. The van der Waals surface area contributed by atoms with Crippen molar-refractivity contribution in [1.29, 1.82) is 0 Å². The van der Waals surface area contributed by atoms with Crippen LogP contribution in [-0.4, -0.2) is 24.5 Å². The molecule has 0 aromatic carbocycles. The first-order valence-electron chi connectivity index (χ1n) is 2.37. The summed E-state index contributed by atoms with van der Waals surface area (Å²) >= 11 is 0. The molecule has 5 N–H and O–H groups in total. The van der Waals surface area contributed by atoms with Crippen LogP contribution in [0.1, 0.15) is 0 Å². The Kier molecular flexibility index (Phi) is 3.22. The van der Waals surface area contributed by atoms with E-state index in [1.807, 2.05) is 0 Å². The molecular formula is C3H9BN2O2. The summed E-state index contributed by atoms with van der Waals surface area (Å²) in [5.41, 5.74) is 10.1. The molecule has 5 heteroatoms. The third-order valence-electron chi connectivity index (χ3n) is 0.795. The third kappa shape index (κ3) is 2.60. The van der Waals surface area contributed by atoms with Gasteiger partial charge in [-0.15, -0.1) is 0 Å². The Balaban J connectivity index is 3.32. The molecular weight excluding hydrogens is 107 g/mol. The highest BCUT2D eigenvalue weighted by Crippen LogP contribution is 1.82. The molecule has 0 unspecified atom stereocenters. The molecule has 0 radical (unpaired) electrons. The highest BCUT2D eigenvalue weighted by atomic mass is 16.4. The van der Waals surface area contributed by atoms with E-state index in [2.05, 4.69) is 0 Å². The summed E-state index contributed by atoms with van der Waals surface area (Å²) < 4.78 is 0. The van der Waals surface area contributed by atoms with Crippen LogP contribution in [0.15, 0.2) is 0 Å². The Morgan fingerprint density at radius 1 is 1.88 bits per heavy atom. The number of carbonyl (C=O) groups is 1. The van der Waals surface area contributed by atoms with Crippen LogP contribution in [0.3, 0.4) is 0 Å². The minimum absolute atomic E-state index is 0.327. The Bertz CT molecular complexity index is 87.4. The summed E-state index contributed by atoms with van der Waals surface area (Å²) in [6.07, 6.45) is 0.343. The van der Waals surface area contributed by atoms with Gasteiger partial charge >= 0.3 is 5.97 Å². The maximum Gasteiger partial charge on any atom is 0.319 e. The van der Waals surface area contributed by atoms with E-state index in [1.54, 1.807) is 0 Å². The highest BCUT2D eigenvalue weighted by Gasteiger charge is 2.08. The molecule has 8 heavy (non-hydrogen) atoms. The van der Waals surface area contributed by atoms with Crippen molar-refractivity contribution < 1.29 is 9.90 Å². The first-order valence-corrected chi connectivity index (χ1v) is 2.37. The van der Waals surface area contributed by atoms with Crippen LogP contribution in [-0.2, 0) is 4.79 Å². The molecule has 0 aromatic heterocycles. The van der Waals surface area contributed by atoms with E-state index in [9.17, 15) is 4.79 Å². The van der Waals surface area contributed by atoms with Gasteiger partial charge in [0.2, 0.25) is 7.41 Å². The van der Waals surface area contributed by atoms with Crippen LogP contribution in [0.4, 0.5) is 0 Å². The quantitative estimate of drug-likeness (QED) is 0.376. The van der Waals surface area contributed by atoms with Crippen LogP contribution in [0.25, 0.3) is 0 Å². The third-order valence-corrected chi connectivity index (χ3v) is 0.795. The van der Waals surface area contributed by atoms with E-state index >= 15 is 0 Å². The normalized spacial score (nSPS) is 12.8. The zero-order valence-electron chi connectivity index (χ0n) is 4.50. The standard InChI is InChI=1S/C3H9BN2O2/c5-2(1-4-6)3(7)8/h2,4H,1,5-6H2,(H,7,8)/t2-/m0/s1. The molecule has 1 atom stereocenters. The van der Waals surface area contributed by atoms with E-state index in [0.29, 0.717) is 13.7 Å². The summed E-state index contributed by atoms with van der Waals surface area (Å²) in [4.78, 5) is 9.91. The minimum atomic E-state index is -0.990. The fraction of sp³-hybridized carbons (Fsp3) is 0.667. The second-order valence-corrected chi connectivity index (χ2v) is 1.52. The van der Waals surface area contributed by atoms with Crippen molar-refractivity contribution in [2.24, 2.45) is 11.4 Å². The molecule has 0 aromatic rings. The van der Waals surface area contributed by atoms with Gasteiger partial charge < -0.3 is 16.5 Å². The lowest BCUT2D eigenvalue weighted by molar-refractivity contribution is -0.138. The summed E-state index contributed by atoms with van der Waals surface area (Å²) in [6.45, 7) is 0. The molecule has 0 bridgehead atoms. The zero-order chi connectivity index (χ0) is 6.57. The van der Waals surface area contributed by atoms with E-state index in [-0.39, 0.29) is 0 Å². The van der Waals surface area contributed by atoms with Crippen LogP contribution in [0.5, 0.6) is 0 Å². The number of aliphatic carboxylic acids is 1. The molecule has 0 aliphatic heterocycles. The Morgan fingerprint density at radius 3 is 2.50 bits per heavy atom. The van der Waals surface area contributed by atoms with Gasteiger partial charge in [-0.2, -0.15) is 0 Å². The van der Waals surface area contributed by atoms with Crippen molar-refractivity contribution in [3.63, 3.8) is 0 Å². The lowest BCUT2D eigenvalue weighted by Gasteiger charge is -1.99. The van der Waals surface area contributed by atoms with E-state index in [4.69, 9.17) is 16.5 Å². The van der Waals surface area contributed by atoms with Gasteiger partial charge in [-0.05, 0) is 6.32 Å². The monoisotopic (exact) mass is 116 g/mol. The van der Waals surface area contributed by atoms with Gasteiger partial charge in [0, 0.05) is 0 Å². The van der Waals surface area contributed by atoms with Crippen LogP contribution < -0.4 is 11.4 Å². The molecule has 0 fully saturated rings. The molecule has 0 spiro atoms.